The first-order valence-corrected chi connectivity index (χ1v) is 6.98. The number of hydrogen-bond donors (Lipinski definition) is 0. The summed E-state index contributed by atoms with van der Waals surface area (Å²) in [4.78, 5) is 10.9. The molecule has 1 atom stereocenters. The van der Waals surface area contributed by atoms with Gasteiger partial charge in [-0.05, 0) is 41.0 Å². The Hall–Kier alpha value is -0.170. The Morgan fingerprint density at radius 3 is 2.62 bits per heavy atom. The van der Waals surface area contributed by atoms with E-state index in [2.05, 4.69) is 52.4 Å². The smallest absolute Gasteiger partial charge is 0.258 e. The summed E-state index contributed by atoms with van der Waals surface area (Å²) in [6.07, 6.45) is 0.685. The summed E-state index contributed by atoms with van der Waals surface area (Å²) in [7, 11) is 0. The van der Waals surface area contributed by atoms with Crippen LogP contribution in [-0.2, 0) is 6.42 Å². The van der Waals surface area contributed by atoms with Crippen LogP contribution in [0.4, 0.5) is 5.69 Å². The second-order valence-corrected chi connectivity index (χ2v) is 6.42. The number of halogens is 2. The van der Waals surface area contributed by atoms with E-state index in [1.807, 2.05) is 12.1 Å². The highest BCUT2D eigenvalue weighted by Crippen LogP contribution is 2.26. The molecule has 88 valence electrons. The summed E-state index contributed by atoms with van der Waals surface area (Å²) in [5, 5.41) is 10.9. The maximum atomic E-state index is 10.9. The van der Waals surface area contributed by atoms with Gasteiger partial charge in [0, 0.05) is 20.0 Å². The van der Waals surface area contributed by atoms with Crippen LogP contribution in [0.15, 0.2) is 18.2 Å². The molecule has 0 aliphatic heterocycles. The van der Waals surface area contributed by atoms with Crippen LogP contribution in [-0.4, -0.2) is 9.75 Å². The van der Waals surface area contributed by atoms with Crippen molar-refractivity contribution in [3.8, 4) is 0 Å². The topological polar surface area (TPSA) is 43.1 Å². The largest absolute Gasteiger partial charge is 0.273 e. The highest BCUT2D eigenvalue weighted by molar-refractivity contribution is 14.1. The molecule has 0 N–H and O–H groups in total. The van der Waals surface area contributed by atoms with Crippen molar-refractivity contribution in [2.75, 3.05) is 0 Å². The molecule has 1 aromatic carbocycles. The highest BCUT2D eigenvalue weighted by atomic mass is 127. The number of nitrogens with zero attached hydrogens (tertiary/aromatic N) is 1. The number of nitro benzene ring substituents is 1. The van der Waals surface area contributed by atoms with E-state index in [4.69, 9.17) is 0 Å². The standard InChI is InChI=1S/C11H13BrINO2/c1-7(2)10(12)5-8-3-4-9(13)6-11(8)14(15)16/h3-4,6-7,10H,5H2,1-2H3. The van der Waals surface area contributed by atoms with Crippen LogP contribution in [0.3, 0.4) is 0 Å². The van der Waals surface area contributed by atoms with Gasteiger partial charge in [0.2, 0.25) is 0 Å². The summed E-state index contributed by atoms with van der Waals surface area (Å²) < 4.78 is 0.892. The Kier molecular flexibility index (Phi) is 5.17. The fraction of sp³-hybridized carbons (Fsp3) is 0.455. The lowest BCUT2D eigenvalue weighted by atomic mass is 10.0. The maximum absolute atomic E-state index is 10.9. The number of hydrogen-bond acceptors (Lipinski definition) is 2. The average molecular weight is 398 g/mol. The number of alkyl halides is 1. The normalized spacial score (nSPS) is 12.8. The van der Waals surface area contributed by atoms with Gasteiger partial charge < -0.3 is 0 Å². The fourth-order valence-corrected chi connectivity index (χ4v) is 2.15. The van der Waals surface area contributed by atoms with Crippen LogP contribution in [0, 0.1) is 19.6 Å². The first kappa shape index (κ1) is 13.9. The average Bonchev–Trinajstić information content (AvgIpc) is 2.20. The maximum Gasteiger partial charge on any atom is 0.273 e. The second kappa shape index (κ2) is 5.95. The van der Waals surface area contributed by atoms with Crippen LogP contribution in [0.5, 0.6) is 0 Å². The van der Waals surface area contributed by atoms with Crippen LogP contribution in [0.1, 0.15) is 19.4 Å². The first-order chi connectivity index (χ1) is 7.41. The zero-order valence-corrected chi connectivity index (χ0v) is 12.9. The van der Waals surface area contributed by atoms with Gasteiger partial charge in [-0.3, -0.25) is 10.1 Å². The molecule has 5 heteroatoms. The van der Waals surface area contributed by atoms with Crippen molar-refractivity contribution < 1.29 is 4.92 Å². The van der Waals surface area contributed by atoms with E-state index in [0.717, 1.165) is 9.13 Å². The van der Waals surface area contributed by atoms with Gasteiger partial charge in [0.05, 0.1) is 4.92 Å². The number of benzene rings is 1. The Labute approximate surface area is 117 Å². The van der Waals surface area contributed by atoms with Crippen molar-refractivity contribution in [3.63, 3.8) is 0 Å². The third kappa shape index (κ3) is 3.69. The van der Waals surface area contributed by atoms with Gasteiger partial charge >= 0.3 is 0 Å². The van der Waals surface area contributed by atoms with Gasteiger partial charge in [-0.2, -0.15) is 0 Å². The third-order valence-corrected chi connectivity index (χ3v) is 4.43. The van der Waals surface area contributed by atoms with Crippen molar-refractivity contribution in [1.29, 1.82) is 0 Å². The zero-order chi connectivity index (χ0) is 12.3. The Morgan fingerprint density at radius 2 is 2.12 bits per heavy atom. The molecule has 0 aromatic heterocycles. The van der Waals surface area contributed by atoms with Gasteiger partial charge in [0.25, 0.3) is 5.69 Å². The first-order valence-electron chi connectivity index (χ1n) is 4.98. The Bertz CT molecular complexity index is 396. The molecule has 1 rings (SSSR count). The van der Waals surface area contributed by atoms with Crippen LogP contribution >= 0.6 is 38.5 Å². The molecule has 0 aliphatic carbocycles. The van der Waals surface area contributed by atoms with E-state index >= 15 is 0 Å². The molecule has 0 saturated heterocycles. The van der Waals surface area contributed by atoms with Crippen molar-refractivity contribution in [3.05, 3.63) is 37.4 Å². The third-order valence-electron chi connectivity index (χ3n) is 2.38. The van der Waals surface area contributed by atoms with Crippen LogP contribution in [0.2, 0.25) is 0 Å². The molecular formula is C11H13BrINO2. The Balaban J connectivity index is 2.99. The lowest BCUT2D eigenvalue weighted by Gasteiger charge is -2.13. The molecule has 0 bridgehead atoms. The fourth-order valence-electron chi connectivity index (χ4n) is 1.33. The van der Waals surface area contributed by atoms with Gasteiger partial charge in [0.1, 0.15) is 0 Å². The van der Waals surface area contributed by atoms with Crippen molar-refractivity contribution >= 4 is 44.2 Å². The quantitative estimate of drug-likeness (QED) is 0.331. The van der Waals surface area contributed by atoms with E-state index in [1.54, 1.807) is 6.07 Å². The SMILES string of the molecule is CC(C)C(Br)Cc1ccc(I)cc1[N+](=O)[O-]. The highest BCUT2D eigenvalue weighted by Gasteiger charge is 2.18. The van der Waals surface area contributed by atoms with Gasteiger partial charge in [-0.15, -0.1) is 0 Å². The van der Waals surface area contributed by atoms with Crippen molar-refractivity contribution in [2.45, 2.75) is 25.1 Å². The molecule has 0 radical (unpaired) electrons. The molecule has 0 amide bonds. The predicted octanol–water partition coefficient (Wildman–Crippen LogP) is 4.16. The second-order valence-electron chi connectivity index (χ2n) is 3.99. The molecule has 0 fully saturated rings. The summed E-state index contributed by atoms with van der Waals surface area (Å²) in [5.74, 6) is 0.457. The van der Waals surface area contributed by atoms with E-state index in [1.165, 1.54) is 0 Å². The minimum absolute atomic E-state index is 0.219. The number of nitro groups is 1. The molecule has 16 heavy (non-hydrogen) atoms. The molecule has 3 nitrogen and oxygen atoms in total. The molecule has 0 aliphatic rings. The molecule has 1 unspecified atom stereocenters. The molecular weight excluding hydrogens is 385 g/mol. The van der Waals surface area contributed by atoms with E-state index in [9.17, 15) is 10.1 Å². The zero-order valence-electron chi connectivity index (χ0n) is 9.11. The van der Waals surface area contributed by atoms with Gasteiger partial charge in [-0.25, -0.2) is 0 Å². The van der Waals surface area contributed by atoms with Crippen molar-refractivity contribution in [2.24, 2.45) is 5.92 Å². The predicted molar refractivity (Wildman–Crippen MR) is 77.1 cm³/mol. The van der Waals surface area contributed by atoms with Gasteiger partial charge in [0.15, 0.2) is 0 Å². The van der Waals surface area contributed by atoms with Crippen LogP contribution in [0.25, 0.3) is 0 Å². The number of rotatable bonds is 4. The minimum atomic E-state index is -0.308. The lowest BCUT2D eigenvalue weighted by Crippen LogP contribution is -2.11. The molecule has 1 aromatic rings. The molecule has 0 spiro atoms. The summed E-state index contributed by atoms with van der Waals surface area (Å²) in [6.45, 7) is 4.19. The van der Waals surface area contributed by atoms with E-state index in [0.29, 0.717) is 12.3 Å². The minimum Gasteiger partial charge on any atom is -0.258 e. The molecule has 0 saturated carbocycles. The summed E-state index contributed by atoms with van der Waals surface area (Å²) in [5.41, 5.74) is 1.01. The lowest BCUT2D eigenvalue weighted by molar-refractivity contribution is -0.385. The van der Waals surface area contributed by atoms with Gasteiger partial charge in [-0.1, -0.05) is 35.8 Å². The summed E-state index contributed by atoms with van der Waals surface area (Å²) in [6, 6.07) is 5.37. The van der Waals surface area contributed by atoms with E-state index < -0.39 is 0 Å². The van der Waals surface area contributed by atoms with Crippen LogP contribution < -0.4 is 0 Å². The van der Waals surface area contributed by atoms with Crippen molar-refractivity contribution in [1.82, 2.24) is 0 Å². The van der Waals surface area contributed by atoms with E-state index in [-0.39, 0.29) is 15.4 Å². The summed E-state index contributed by atoms with van der Waals surface area (Å²) >= 11 is 5.64. The monoisotopic (exact) mass is 397 g/mol. The Morgan fingerprint density at radius 1 is 1.50 bits per heavy atom. The molecule has 0 heterocycles.